The average molecular weight is 261 g/mol. The Morgan fingerprint density at radius 1 is 1.32 bits per heavy atom. The van der Waals surface area contributed by atoms with Gasteiger partial charge in [0.2, 0.25) is 0 Å². The number of carbonyl (C=O) groups excluding carboxylic acids is 1. The molecule has 1 unspecified atom stereocenters. The first-order valence-corrected chi connectivity index (χ1v) is 6.05. The minimum Gasteiger partial charge on any atom is -0.272 e. The predicted octanol–water partition coefficient (Wildman–Crippen LogP) is 2.59. The predicted molar refractivity (Wildman–Crippen MR) is 72.0 cm³/mol. The molecule has 0 saturated heterocycles. The first kappa shape index (κ1) is 13.2. The van der Waals surface area contributed by atoms with Gasteiger partial charge in [0, 0.05) is 17.8 Å². The van der Waals surface area contributed by atoms with E-state index in [9.17, 15) is 14.9 Å². The van der Waals surface area contributed by atoms with Crippen molar-refractivity contribution in [3.8, 4) is 0 Å². The van der Waals surface area contributed by atoms with Gasteiger partial charge in [-0.1, -0.05) is 13.8 Å². The van der Waals surface area contributed by atoms with Crippen molar-refractivity contribution < 1.29 is 9.72 Å². The summed E-state index contributed by atoms with van der Waals surface area (Å²) >= 11 is 0. The molecule has 0 aliphatic carbocycles. The van der Waals surface area contributed by atoms with Crippen LogP contribution in [0.5, 0.6) is 0 Å². The lowest BCUT2D eigenvalue weighted by atomic mass is 9.92. The molecule has 1 heterocycles. The molecule has 0 radical (unpaired) electrons. The summed E-state index contributed by atoms with van der Waals surface area (Å²) in [5.41, 5.74) is 1.33. The topological polar surface area (TPSA) is 75.8 Å². The Hall–Kier alpha value is -2.24. The lowest BCUT2D eigenvalue weighted by Gasteiger charge is -2.16. The molecule has 0 fully saturated rings. The third kappa shape index (κ3) is 2.33. The molecule has 6 nitrogen and oxygen atoms in total. The second kappa shape index (κ2) is 4.79. The normalized spacial score (nSPS) is 18.9. The van der Waals surface area contributed by atoms with E-state index in [4.69, 9.17) is 0 Å². The molecule has 0 aromatic heterocycles. The molecule has 1 amide bonds. The van der Waals surface area contributed by atoms with Crippen LogP contribution in [0.1, 0.15) is 20.8 Å². The number of hydrazone groups is 1. The van der Waals surface area contributed by atoms with Crippen LogP contribution in [0.15, 0.2) is 29.4 Å². The van der Waals surface area contributed by atoms with E-state index in [1.54, 1.807) is 0 Å². The molecule has 2 rings (SSSR count). The Balaban J connectivity index is 2.29. The van der Waals surface area contributed by atoms with E-state index in [0.717, 1.165) is 5.71 Å². The van der Waals surface area contributed by atoms with Crippen molar-refractivity contribution in [3.63, 3.8) is 0 Å². The Kier molecular flexibility index (Phi) is 3.33. The number of hydrogen-bond acceptors (Lipinski definition) is 4. The number of benzene rings is 1. The number of rotatable bonds is 3. The molecular weight excluding hydrogens is 246 g/mol. The fraction of sp³-hybridized carbons (Fsp3) is 0.385. The summed E-state index contributed by atoms with van der Waals surface area (Å²) in [5, 5.41) is 16.2. The van der Waals surface area contributed by atoms with Crippen LogP contribution >= 0.6 is 0 Å². The quantitative estimate of drug-likeness (QED) is 0.619. The highest BCUT2D eigenvalue weighted by Gasteiger charge is 2.36. The zero-order valence-electron chi connectivity index (χ0n) is 11.0. The van der Waals surface area contributed by atoms with Gasteiger partial charge in [-0.2, -0.15) is 5.10 Å². The first-order valence-electron chi connectivity index (χ1n) is 6.05. The van der Waals surface area contributed by atoms with Crippen LogP contribution < -0.4 is 5.01 Å². The number of carbonyl (C=O) groups is 1. The van der Waals surface area contributed by atoms with E-state index in [0.29, 0.717) is 5.69 Å². The highest BCUT2D eigenvalue weighted by Crippen LogP contribution is 2.29. The summed E-state index contributed by atoms with van der Waals surface area (Å²) in [4.78, 5) is 22.4. The third-order valence-electron chi connectivity index (χ3n) is 3.15. The van der Waals surface area contributed by atoms with Crippen LogP contribution in [0.25, 0.3) is 0 Å². The molecule has 0 spiro atoms. The zero-order chi connectivity index (χ0) is 14.2. The van der Waals surface area contributed by atoms with E-state index in [2.05, 4.69) is 5.10 Å². The number of anilines is 1. The summed E-state index contributed by atoms with van der Waals surface area (Å²) < 4.78 is 0. The fourth-order valence-electron chi connectivity index (χ4n) is 2.25. The van der Waals surface area contributed by atoms with Gasteiger partial charge in [-0.3, -0.25) is 14.9 Å². The lowest BCUT2D eigenvalue weighted by molar-refractivity contribution is -0.384. The summed E-state index contributed by atoms with van der Waals surface area (Å²) in [5.74, 6) is -0.115. The molecule has 0 saturated carbocycles. The average Bonchev–Trinajstić information content (AvgIpc) is 2.65. The largest absolute Gasteiger partial charge is 0.272 e. The van der Waals surface area contributed by atoms with Gasteiger partial charge in [0.05, 0.1) is 16.5 Å². The molecule has 1 aromatic carbocycles. The minimum atomic E-state index is -0.471. The Bertz CT molecular complexity index is 549. The molecule has 1 aliphatic rings. The van der Waals surface area contributed by atoms with Crippen molar-refractivity contribution in [2.75, 3.05) is 5.01 Å². The molecule has 0 bridgehead atoms. The fourth-order valence-corrected chi connectivity index (χ4v) is 2.25. The minimum absolute atomic E-state index is 0.00323. The van der Waals surface area contributed by atoms with Gasteiger partial charge in [-0.05, 0) is 25.0 Å². The highest BCUT2D eigenvalue weighted by atomic mass is 16.6. The maximum absolute atomic E-state index is 12.3. The maximum atomic E-state index is 12.3. The van der Waals surface area contributed by atoms with Crippen molar-refractivity contribution in [2.45, 2.75) is 20.8 Å². The van der Waals surface area contributed by atoms with Crippen LogP contribution in [0.4, 0.5) is 11.4 Å². The summed E-state index contributed by atoms with van der Waals surface area (Å²) in [7, 11) is 0. The van der Waals surface area contributed by atoms with E-state index in [1.807, 2.05) is 20.8 Å². The number of nitro groups is 1. The Morgan fingerprint density at radius 2 is 1.89 bits per heavy atom. The second-order valence-corrected chi connectivity index (χ2v) is 4.89. The molecule has 0 N–H and O–H groups in total. The van der Waals surface area contributed by atoms with Gasteiger partial charge < -0.3 is 0 Å². The van der Waals surface area contributed by atoms with Crippen LogP contribution in [-0.2, 0) is 4.79 Å². The molecule has 1 aliphatic heterocycles. The standard InChI is InChI=1S/C13H15N3O3/c1-8(2)12-9(3)14-15(13(12)17)10-4-6-11(7-5-10)16(18)19/h4-8,12H,1-3H3. The van der Waals surface area contributed by atoms with Crippen molar-refractivity contribution in [2.24, 2.45) is 16.9 Å². The number of non-ortho nitro benzene ring substituents is 1. The Morgan fingerprint density at radius 3 is 2.32 bits per heavy atom. The van der Waals surface area contributed by atoms with Crippen LogP contribution in [0, 0.1) is 22.0 Å². The van der Waals surface area contributed by atoms with E-state index < -0.39 is 4.92 Å². The molecule has 6 heteroatoms. The van der Waals surface area contributed by atoms with E-state index >= 15 is 0 Å². The second-order valence-electron chi connectivity index (χ2n) is 4.89. The van der Waals surface area contributed by atoms with Gasteiger partial charge in [-0.25, -0.2) is 5.01 Å². The van der Waals surface area contributed by atoms with Crippen LogP contribution in [0.3, 0.4) is 0 Å². The van der Waals surface area contributed by atoms with Crippen molar-refractivity contribution >= 4 is 23.0 Å². The van der Waals surface area contributed by atoms with Gasteiger partial charge in [0.25, 0.3) is 11.6 Å². The summed E-state index contributed by atoms with van der Waals surface area (Å²) in [6, 6.07) is 5.82. The molecule has 1 aromatic rings. The number of nitrogens with zero attached hydrogens (tertiary/aromatic N) is 3. The Labute approximate surface area is 110 Å². The van der Waals surface area contributed by atoms with Crippen LogP contribution in [0.2, 0.25) is 0 Å². The highest BCUT2D eigenvalue weighted by molar-refractivity contribution is 6.14. The SMILES string of the molecule is CC1=NN(c2ccc([N+](=O)[O-])cc2)C(=O)C1C(C)C. The van der Waals surface area contributed by atoms with Crippen molar-refractivity contribution in [1.29, 1.82) is 0 Å². The molecular formula is C13H15N3O3. The van der Waals surface area contributed by atoms with Gasteiger partial charge >= 0.3 is 0 Å². The zero-order valence-corrected chi connectivity index (χ0v) is 11.0. The monoisotopic (exact) mass is 261 g/mol. The number of hydrogen-bond donors (Lipinski definition) is 0. The van der Waals surface area contributed by atoms with Gasteiger partial charge in [0.1, 0.15) is 0 Å². The first-order chi connectivity index (χ1) is 8.91. The third-order valence-corrected chi connectivity index (χ3v) is 3.15. The molecule has 100 valence electrons. The smallest absolute Gasteiger partial charge is 0.269 e. The summed E-state index contributed by atoms with van der Waals surface area (Å²) in [6.07, 6.45) is 0. The van der Waals surface area contributed by atoms with Gasteiger partial charge in [0.15, 0.2) is 0 Å². The van der Waals surface area contributed by atoms with Crippen molar-refractivity contribution in [1.82, 2.24) is 0 Å². The molecule has 1 atom stereocenters. The molecule has 19 heavy (non-hydrogen) atoms. The number of amides is 1. The van der Waals surface area contributed by atoms with Crippen molar-refractivity contribution in [3.05, 3.63) is 34.4 Å². The van der Waals surface area contributed by atoms with Gasteiger partial charge in [-0.15, -0.1) is 0 Å². The maximum Gasteiger partial charge on any atom is 0.269 e. The van der Waals surface area contributed by atoms with E-state index in [-0.39, 0.29) is 23.4 Å². The van der Waals surface area contributed by atoms with E-state index in [1.165, 1.54) is 29.3 Å². The number of nitro benzene ring substituents is 1. The summed E-state index contributed by atoms with van der Waals surface area (Å²) in [6.45, 7) is 5.77. The van der Waals surface area contributed by atoms with Crippen LogP contribution in [-0.4, -0.2) is 16.5 Å². The lowest BCUT2D eigenvalue weighted by Crippen LogP contribution is -2.30.